The van der Waals surface area contributed by atoms with Gasteiger partial charge in [-0.25, -0.2) is 0 Å². The first-order chi connectivity index (χ1) is 8.75. The van der Waals surface area contributed by atoms with E-state index < -0.39 is 0 Å². The third kappa shape index (κ3) is 3.86. The average Bonchev–Trinajstić information content (AvgIpc) is 2.90. The largest absolute Gasteiger partial charge is 0.383 e. The molecule has 1 atom stereocenters. The standard InChI is InChI=1S/C15H20N2S/c1-13(11-16-14-7-4-3-5-8-14)17(2)12-15-9-6-10-18-15/h3-10,13,16H,11-12H2,1-2H3. The van der Waals surface area contributed by atoms with Crippen LogP contribution >= 0.6 is 11.3 Å². The maximum Gasteiger partial charge on any atom is 0.0340 e. The Morgan fingerprint density at radius 3 is 2.61 bits per heavy atom. The van der Waals surface area contributed by atoms with Crippen molar-refractivity contribution in [2.75, 3.05) is 18.9 Å². The summed E-state index contributed by atoms with van der Waals surface area (Å²) in [5.41, 5.74) is 1.19. The number of hydrogen-bond donors (Lipinski definition) is 1. The van der Waals surface area contributed by atoms with E-state index in [-0.39, 0.29) is 0 Å². The van der Waals surface area contributed by atoms with Crippen molar-refractivity contribution in [3.8, 4) is 0 Å². The zero-order valence-corrected chi connectivity index (χ0v) is 11.8. The lowest BCUT2D eigenvalue weighted by Crippen LogP contribution is -2.34. The Kier molecular flexibility index (Phi) is 4.79. The van der Waals surface area contributed by atoms with Crippen LogP contribution < -0.4 is 5.32 Å². The number of para-hydroxylation sites is 1. The highest BCUT2D eigenvalue weighted by atomic mass is 32.1. The van der Waals surface area contributed by atoms with Crippen molar-refractivity contribution in [1.82, 2.24) is 4.90 Å². The summed E-state index contributed by atoms with van der Waals surface area (Å²) >= 11 is 1.82. The normalized spacial score (nSPS) is 12.6. The first-order valence-electron chi connectivity index (χ1n) is 6.27. The van der Waals surface area contributed by atoms with Gasteiger partial charge in [0.1, 0.15) is 0 Å². The van der Waals surface area contributed by atoms with Gasteiger partial charge in [-0.3, -0.25) is 4.90 Å². The summed E-state index contributed by atoms with van der Waals surface area (Å²) in [5.74, 6) is 0. The van der Waals surface area contributed by atoms with Crippen LogP contribution in [0.5, 0.6) is 0 Å². The molecule has 1 unspecified atom stereocenters. The predicted octanol–water partition coefficient (Wildman–Crippen LogP) is 3.68. The van der Waals surface area contributed by atoms with E-state index >= 15 is 0 Å². The highest BCUT2D eigenvalue weighted by molar-refractivity contribution is 7.09. The Bertz CT molecular complexity index is 439. The van der Waals surface area contributed by atoms with Crippen molar-refractivity contribution in [1.29, 1.82) is 0 Å². The molecule has 2 rings (SSSR count). The number of nitrogens with one attached hydrogen (secondary N) is 1. The zero-order chi connectivity index (χ0) is 12.8. The van der Waals surface area contributed by atoms with Gasteiger partial charge in [0.2, 0.25) is 0 Å². The summed E-state index contributed by atoms with van der Waals surface area (Å²) in [4.78, 5) is 3.80. The number of benzene rings is 1. The van der Waals surface area contributed by atoms with E-state index in [1.807, 2.05) is 17.4 Å². The number of rotatable bonds is 6. The molecule has 0 saturated heterocycles. The number of anilines is 1. The number of hydrogen-bond acceptors (Lipinski definition) is 3. The van der Waals surface area contributed by atoms with E-state index in [1.54, 1.807) is 0 Å². The van der Waals surface area contributed by atoms with Crippen LogP contribution in [0.25, 0.3) is 0 Å². The number of nitrogens with zero attached hydrogens (tertiary/aromatic N) is 1. The molecule has 3 heteroatoms. The van der Waals surface area contributed by atoms with Crippen molar-refractivity contribution in [2.24, 2.45) is 0 Å². The van der Waals surface area contributed by atoms with E-state index in [2.05, 4.69) is 66.0 Å². The molecule has 1 aromatic carbocycles. The maximum absolute atomic E-state index is 3.47. The number of likely N-dealkylation sites (N-methyl/N-ethyl adjacent to an activating group) is 1. The fraction of sp³-hybridized carbons (Fsp3) is 0.333. The van der Waals surface area contributed by atoms with Crippen molar-refractivity contribution in [3.05, 3.63) is 52.7 Å². The second-order valence-electron chi connectivity index (χ2n) is 4.59. The number of thiophene rings is 1. The zero-order valence-electron chi connectivity index (χ0n) is 11.0. The lowest BCUT2D eigenvalue weighted by molar-refractivity contribution is 0.261. The lowest BCUT2D eigenvalue weighted by atomic mass is 10.2. The smallest absolute Gasteiger partial charge is 0.0340 e. The summed E-state index contributed by atoms with van der Waals surface area (Å²) < 4.78 is 0. The molecular weight excluding hydrogens is 240 g/mol. The van der Waals surface area contributed by atoms with Crippen molar-refractivity contribution in [3.63, 3.8) is 0 Å². The molecule has 0 saturated carbocycles. The minimum atomic E-state index is 0.507. The van der Waals surface area contributed by atoms with E-state index in [0.717, 1.165) is 13.1 Å². The molecule has 1 heterocycles. The van der Waals surface area contributed by atoms with Crippen molar-refractivity contribution < 1.29 is 0 Å². The van der Waals surface area contributed by atoms with Crippen LogP contribution in [0.3, 0.4) is 0 Å². The molecule has 2 nitrogen and oxygen atoms in total. The molecule has 0 aliphatic rings. The van der Waals surface area contributed by atoms with E-state index in [4.69, 9.17) is 0 Å². The van der Waals surface area contributed by atoms with Crippen molar-refractivity contribution in [2.45, 2.75) is 19.5 Å². The maximum atomic E-state index is 3.47. The Morgan fingerprint density at radius 2 is 1.94 bits per heavy atom. The van der Waals surface area contributed by atoms with Crippen LogP contribution in [-0.2, 0) is 6.54 Å². The van der Waals surface area contributed by atoms with Gasteiger partial charge in [0.15, 0.2) is 0 Å². The highest BCUT2D eigenvalue weighted by Crippen LogP contribution is 2.13. The van der Waals surface area contributed by atoms with Crippen molar-refractivity contribution >= 4 is 17.0 Å². The summed E-state index contributed by atoms with van der Waals surface area (Å²) in [5, 5.41) is 5.60. The van der Waals surface area contributed by atoms with Gasteiger partial charge in [-0.15, -0.1) is 11.3 Å². The molecule has 0 bridgehead atoms. The van der Waals surface area contributed by atoms with Gasteiger partial charge < -0.3 is 5.32 Å². The fourth-order valence-electron chi connectivity index (χ4n) is 1.78. The summed E-state index contributed by atoms with van der Waals surface area (Å²) in [7, 11) is 2.18. The summed E-state index contributed by atoms with van der Waals surface area (Å²) in [6, 6.07) is 15.2. The van der Waals surface area contributed by atoms with Gasteiger partial charge in [-0.05, 0) is 37.6 Å². The Hall–Kier alpha value is -1.32. The lowest BCUT2D eigenvalue weighted by Gasteiger charge is -2.24. The molecule has 0 spiro atoms. The Balaban J connectivity index is 1.79. The Morgan fingerprint density at radius 1 is 1.17 bits per heavy atom. The first-order valence-corrected chi connectivity index (χ1v) is 7.15. The Labute approximate surface area is 113 Å². The molecule has 1 N–H and O–H groups in total. The van der Waals surface area contributed by atoms with Gasteiger partial charge >= 0.3 is 0 Å². The van der Waals surface area contributed by atoms with Gasteiger partial charge in [0, 0.05) is 29.7 Å². The van der Waals surface area contributed by atoms with E-state index in [9.17, 15) is 0 Å². The van der Waals surface area contributed by atoms with E-state index in [0.29, 0.717) is 6.04 Å². The third-order valence-corrected chi connectivity index (χ3v) is 3.97. The quantitative estimate of drug-likeness (QED) is 0.852. The minimum Gasteiger partial charge on any atom is -0.383 e. The minimum absolute atomic E-state index is 0.507. The molecule has 18 heavy (non-hydrogen) atoms. The predicted molar refractivity (Wildman–Crippen MR) is 80.2 cm³/mol. The molecule has 0 aliphatic heterocycles. The van der Waals surface area contributed by atoms with Crippen LogP contribution in [0.1, 0.15) is 11.8 Å². The highest BCUT2D eigenvalue weighted by Gasteiger charge is 2.09. The first kappa shape index (κ1) is 13.1. The van der Waals surface area contributed by atoms with Crippen LogP contribution in [0.2, 0.25) is 0 Å². The van der Waals surface area contributed by atoms with E-state index in [1.165, 1.54) is 10.6 Å². The van der Waals surface area contributed by atoms with Crippen LogP contribution in [0, 0.1) is 0 Å². The second-order valence-corrected chi connectivity index (χ2v) is 5.62. The summed E-state index contributed by atoms with van der Waals surface area (Å²) in [6.45, 7) is 4.24. The molecule has 0 amide bonds. The monoisotopic (exact) mass is 260 g/mol. The van der Waals surface area contributed by atoms with Gasteiger partial charge in [-0.1, -0.05) is 24.3 Å². The third-order valence-electron chi connectivity index (χ3n) is 3.11. The van der Waals surface area contributed by atoms with Gasteiger partial charge in [-0.2, -0.15) is 0 Å². The fourth-order valence-corrected chi connectivity index (χ4v) is 2.55. The molecule has 96 valence electrons. The molecular formula is C15H20N2S. The molecule has 2 aromatic rings. The second kappa shape index (κ2) is 6.57. The van der Waals surface area contributed by atoms with Crippen LogP contribution in [0.4, 0.5) is 5.69 Å². The van der Waals surface area contributed by atoms with Gasteiger partial charge in [0.25, 0.3) is 0 Å². The topological polar surface area (TPSA) is 15.3 Å². The molecule has 0 aliphatic carbocycles. The van der Waals surface area contributed by atoms with Crippen LogP contribution in [0.15, 0.2) is 47.8 Å². The summed E-state index contributed by atoms with van der Waals surface area (Å²) in [6.07, 6.45) is 0. The van der Waals surface area contributed by atoms with Gasteiger partial charge in [0.05, 0.1) is 0 Å². The molecule has 0 fully saturated rings. The van der Waals surface area contributed by atoms with Crippen LogP contribution in [-0.4, -0.2) is 24.5 Å². The SMILES string of the molecule is CC(CNc1ccccc1)N(C)Cc1cccs1. The molecule has 0 radical (unpaired) electrons. The molecule has 1 aromatic heterocycles. The average molecular weight is 260 g/mol.